The maximum Gasteiger partial charge on any atom is 0.273 e. The van der Waals surface area contributed by atoms with Gasteiger partial charge in [-0.15, -0.1) is 0 Å². The van der Waals surface area contributed by atoms with E-state index in [1.165, 1.54) is 12.1 Å². The number of nitrogens with zero attached hydrogens (tertiary/aromatic N) is 2. The molecule has 16 heavy (non-hydrogen) atoms. The molecule has 1 rings (SSSR count). The van der Waals surface area contributed by atoms with Crippen molar-refractivity contribution in [3.8, 4) is 5.75 Å². The first kappa shape index (κ1) is 12.4. The molecule has 0 amide bonds. The van der Waals surface area contributed by atoms with Crippen LogP contribution in [0.4, 0.5) is 5.69 Å². The van der Waals surface area contributed by atoms with Crippen molar-refractivity contribution in [1.29, 1.82) is 0 Å². The van der Waals surface area contributed by atoms with Gasteiger partial charge in [0, 0.05) is 12.6 Å². The van der Waals surface area contributed by atoms with E-state index in [9.17, 15) is 10.1 Å². The predicted octanol–water partition coefficient (Wildman–Crippen LogP) is 1.93. The number of hydrogen-bond acceptors (Lipinski definition) is 4. The van der Waals surface area contributed by atoms with Crippen LogP contribution in [0, 0.1) is 10.1 Å². The zero-order chi connectivity index (χ0) is 12.0. The third-order valence-corrected chi connectivity index (χ3v) is 2.05. The van der Waals surface area contributed by atoms with Gasteiger partial charge in [0.2, 0.25) is 0 Å². The molecule has 5 heteroatoms. The molecule has 1 aromatic carbocycles. The molecule has 0 heterocycles. The fraction of sp³-hybridized carbons (Fsp3) is 0.455. The van der Waals surface area contributed by atoms with E-state index < -0.39 is 4.92 Å². The first-order chi connectivity index (χ1) is 7.59. The van der Waals surface area contributed by atoms with Crippen molar-refractivity contribution in [3.05, 3.63) is 34.4 Å². The van der Waals surface area contributed by atoms with Gasteiger partial charge in [0.05, 0.1) is 17.6 Å². The molecule has 0 spiro atoms. The third kappa shape index (κ3) is 4.27. The van der Waals surface area contributed by atoms with E-state index in [1.807, 2.05) is 14.1 Å². The van der Waals surface area contributed by atoms with E-state index in [0.717, 1.165) is 13.0 Å². The molecule has 0 aliphatic rings. The molecular weight excluding hydrogens is 208 g/mol. The standard InChI is InChI=1S/C11H16N2O3/c1-12(2)7-4-8-16-11-6-3-5-10(9-11)13(14)15/h3,5-6,9H,4,7-8H2,1-2H3. The highest BCUT2D eigenvalue weighted by Gasteiger charge is 2.05. The second-order valence-corrected chi connectivity index (χ2v) is 3.76. The van der Waals surface area contributed by atoms with Gasteiger partial charge in [-0.3, -0.25) is 10.1 Å². The molecule has 0 saturated carbocycles. The summed E-state index contributed by atoms with van der Waals surface area (Å²) in [5.41, 5.74) is 0.0603. The van der Waals surface area contributed by atoms with Crippen LogP contribution in [0.5, 0.6) is 5.75 Å². The number of hydrogen-bond donors (Lipinski definition) is 0. The lowest BCUT2D eigenvalue weighted by Gasteiger charge is -2.10. The topological polar surface area (TPSA) is 55.6 Å². The Morgan fingerprint density at radius 2 is 2.19 bits per heavy atom. The smallest absolute Gasteiger partial charge is 0.273 e. The Morgan fingerprint density at radius 3 is 2.81 bits per heavy atom. The molecule has 0 fully saturated rings. The van der Waals surface area contributed by atoms with Gasteiger partial charge in [0.15, 0.2) is 0 Å². The van der Waals surface area contributed by atoms with Gasteiger partial charge in [-0.05, 0) is 26.6 Å². The van der Waals surface area contributed by atoms with Gasteiger partial charge in [0.1, 0.15) is 5.75 Å². The first-order valence-electron chi connectivity index (χ1n) is 5.11. The molecule has 88 valence electrons. The average Bonchev–Trinajstić information content (AvgIpc) is 2.24. The van der Waals surface area contributed by atoms with Gasteiger partial charge in [0.25, 0.3) is 5.69 Å². The van der Waals surface area contributed by atoms with E-state index >= 15 is 0 Å². The van der Waals surface area contributed by atoms with E-state index in [1.54, 1.807) is 12.1 Å². The first-order valence-corrected chi connectivity index (χ1v) is 5.11. The number of rotatable bonds is 6. The van der Waals surface area contributed by atoms with Crippen LogP contribution in [0.3, 0.4) is 0 Å². The molecule has 0 atom stereocenters. The summed E-state index contributed by atoms with van der Waals surface area (Å²) in [5.74, 6) is 0.549. The fourth-order valence-corrected chi connectivity index (χ4v) is 1.26. The molecule has 0 N–H and O–H groups in total. The van der Waals surface area contributed by atoms with Crippen molar-refractivity contribution in [3.63, 3.8) is 0 Å². The minimum atomic E-state index is -0.424. The van der Waals surface area contributed by atoms with Crippen LogP contribution in [-0.2, 0) is 0 Å². The maximum absolute atomic E-state index is 10.5. The van der Waals surface area contributed by atoms with Crippen LogP contribution in [-0.4, -0.2) is 37.1 Å². The number of ether oxygens (including phenoxy) is 1. The van der Waals surface area contributed by atoms with Crippen molar-refractivity contribution in [1.82, 2.24) is 4.90 Å². The van der Waals surface area contributed by atoms with Gasteiger partial charge < -0.3 is 9.64 Å². The van der Waals surface area contributed by atoms with Crippen LogP contribution < -0.4 is 4.74 Å². The summed E-state index contributed by atoms with van der Waals surface area (Å²) in [5, 5.41) is 10.5. The molecule has 0 radical (unpaired) electrons. The van der Waals surface area contributed by atoms with Crippen LogP contribution in [0.1, 0.15) is 6.42 Å². The predicted molar refractivity (Wildman–Crippen MR) is 61.8 cm³/mol. The van der Waals surface area contributed by atoms with Gasteiger partial charge in [-0.25, -0.2) is 0 Å². The zero-order valence-corrected chi connectivity index (χ0v) is 9.55. The van der Waals surface area contributed by atoms with Gasteiger partial charge in [-0.2, -0.15) is 0 Å². The van der Waals surface area contributed by atoms with E-state index in [-0.39, 0.29) is 5.69 Å². The number of nitro benzene ring substituents is 1. The van der Waals surface area contributed by atoms with Crippen LogP contribution >= 0.6 is 0 Å². The minimum absolute atomic E-state index is 0.0603. The highest BCUT2D eigenvalue weighted by Crippen LogP contribution is 2.18. The molecule has 0 aliphatic heterocycles. The largest absolute Gasteiger partial charge is 0.493 e. The Balaban J connectivity index is 2.42. The van der Waals surface area contributed by atoms with Gasteiger partial charge in [-0.1, -0.05) is 6.07 Å². The normalized spacial score (nSPS) is 10.4. The molecule has 0 unspecified atom stereocenters. The second kappa shape index (κ2) is 6.07. The molecule has 0 bridgehead atoms. The van der Waals surface area contributed by atoms with E-state index in [4.69, 9.17) is 4.74 Å². The number of nitro groups is 1. The summed E-state index contributed by atoms with van der Waals surface area (Å²) >= 11 is 0. The lowest BCUT2D eigenvalue weighted by atomic mass is 10.3. The van der Waals surface area contributed by atoms with Crippen molar-refractivity contribution in [2.45, 2.75) is 6.42 Å². The molecule has 0 aromatic heterocycles. The van der Waals surface area contributed by atoms with Crippen LogP contribution in [0.15, 0.2) is 24.3 Å². The summed E-state index contributed by atoms with van der Waals surface area (Å²) in [4.78, 5) is 12.2. The van der Waals surface area contributed by atoms with Crippen LogP contribution in [0.25, 0.3) is 0 Å². The van der Waals surface area contributed by atoms with Gasteiger partial charge >= 0.3 is 0 Å². The highest BCUT2D eigenvalue weighted by atomic mass is 16.6. The lowest BCUT2D eigenvalue weighted by molar-refractivity contribution is -0.384. The van der Waals surface area contributed by atoms with Crippen molar-refractivity contribution >= 4 is 5.69 Å². The quantitative estimate of drug-likeness (QED) is 0.421. The number of non-ortho nitro benzene ring substituents is 1. The Bertz CT molecular complexity index is 353. The SMILES string of the molecule is CN(C)CCCOc1cccc([N+](=O)[O-])c1. The molecule has 1 aromatic rings. The van der Waals surface area contributed by atoms with E-state index in [0.29, 0.717) is 12.4 Å². The number of benzene rings is 1. The summed E-state index contributed by atoms with van der Waals surface area (Å²) in [6.07, 6.45) is 0.899. The summed E-state index contributed by atoms with van der Waals surface area (Å²) in [6.45, 7) is 1.51. The molecule has 0 saturated heterocycles. The highest BCUT2D eigenvalue weighted by molar-refractivity contribution is 5.37. The molecular formula is C11H16N2O3. The Morgan fingerprint density at radius 1 is 1.44 bits per heavy atom. The molecule has 0 aliphatic carbocycles. The maximum atomic E-state index is 10.5. The Hall–Kier alpha value is -1.62. The lowest BCUT2D eigenvalue weighted by Crippen LogP contribution is -2.15. The zero-order valence-electron chi connectivity index (χ0n) is 9.55. The summed E-state index contributed by atoms with van der Waals surface area (Å²) in [7, 11) is 3.99. The minimum Gasteiger partial charge on any atom is -0.493 e. The summed E-state index contributed by atoms with van der Waals surface area (Å²) in [6, 6.07) is 6.24. The van der Waals surface area contributed by atoms with Crippen molar-refractivity contribution in [2.75, 3.05) is 27.2 Å². The average molecular weight is 224 g/mol. The van der Waals surface area contributed by atoms with Crippen molar-refractivity contribution in [2.24, 2.45) is 0 Å². The fourth-order valence-electron chi connectivity index (χ4n) is 1.26. The second-order valence-electron chi connectivity index (χ2n) is 3.76. The molecule has 5 nitrogen and oxygen atoms in total. The third-order valence-electron chi connectivity index (χ3n) is 2.05. The Kier molecular flexibility index (Phi) is 4.72. The van der Waals surface area contributed by atoms with Crippen molar-refractivity contribution < 1.29 is 9.66 Å². The Labute approximate surface area is 94.8 Å². The van der Waals surface area contributed by atoms with E-state index in [2.05, 4.69) is 4.90 Å². The monoisotopic (exact) mass is 224 g/mol. The van der Waals surface area contributed by atoms with Crippen LogP contribution in [0.2, 0.25) is 0 Å². The summed E-state index contributed by atoms with van der Waals surface area (Å²) < 4.78 is 5.42.